The summed E-state index contributed by atoms with van der Waals surface area (Å²) < 4.78 is 0. The highest BCUT2D eigenvalue weighted by molar-refractivity contribution is 5.83. The van der Waals surface area contributed by atoms with E-state index in [0.29, 0.717) is 5.92 Å². The van der Waals surface area contributed by atoms with Crippen LogP contribution in [0.5, 0.6) is 0 Å². The van der Waals surface area contributed by atoms with Gasteiger partial charge in [-0.05, 0) is 35.1 Å². The lowest BCUT2D eigenvalue weighted by Gasteiger charge is -2.13. The average Bonchev–Trinajstić information content (AvgIpc) is 2.30. The lowest BCUT2D eigenvalue weighted by Crippen LogP contribution is -1.94. The molecule has 0 amide bonds. The van der Waals surface area contributed by atoms with Gasteiger partial charge < -0.3 is 0 Å². The summed E-state index contributed by atoms with van der Waals surface area (Å²) in [4.78, 5) is 0. The highest BCUT2D eigenvalue weighted by Crippen LogP contribution is 2.26. The number of rotatable bonds is 3. The van der Waals surface area contributed by atoms with Gasteiger partial charge in [0.05, 0.1) is 0 Å². The zero-order chi connectivity index (χ0) is 10.7. The quantitative estimate of drug-likeness (QED) is 0.676. The Labute approximate surface area is 91.9 Å². The molecule has 0 aromatic heterocycles. The second-order valence-corrected chi connectivity index (χ2v) is 4.00. The van der Waals surface area contributed by atoms with Crippen LogP contribution in [0.4, 0.5) is 0 Å². The normalized spacial score (nSPS) is 11.1. The summed E-state index contributed by atoms with van der Waals surface area (Å²) >= 11 is 0. The van der Waals surface area contributed by atoms with Crippen molar-refractivity contribution in [3.8, 4) is 0 Å². The monoisotopic (exact) mass is 197 g/mol. The average molecular weight is 197 g/mol. The predicted octanol–water partition coefficient (Wildman–Crippen LogP) is 4.56. The molecule has 0 bridgehead atoms. The number of fused-ring (bicyclic) bond motifs is 1. The summed E-state index contributed by atoms with van der Waals surface area (Å²) in [5, 5.41) is 2.65. The molecule has 0 heterocycles. The van der Waals surface area contributed by atoms with E-state index in [0.717, 1.165) is 6.42 Å². The topological polar surface area (TPSA) is 0 Å². The van der Waals surface area contributed by atoms with E-state index in [2.05, 4.69) is 56.3 Å². The van der Waals surface area contributed by atoms with Gasteiger partial charge in [0.25, 0.3) is 0 Å². The van der Waals surface area contributed by atoms with Crippen LogP contribution in [-0.2, 0) is 0 Å². The molecule has 77 valence electrons. The van der Waals surface area contributed by atoms with Crippen molar-refractivity contribution < 1.29 is 0 Å². The van der Waals surface area contributed by atoms with Crippen LogP contribution >= 0.6 is 0 Å². The Morgan fingerprint density at radius 2 is 1.80 bits per heavy atom. The first kappa shape index (κ1) is 10.2. The van der Waals surface area contributed by atoms with Gasteiger partial charge in [0.2, 0.25) is 0 Å². The first-order chi connectivity index (χ1) is 7.35. The molecule has 1 atom stereocenters. The van der Waals surface area contributed by atoms with Gasteiger partial charge in [-0.15, -0.1) is 0 Å². The fourth-order valence-electron chi connectivity index (χ4n) is 2.07. The largest absolute Gasteiger partial charge is 0.0648 e. The molecule has 0 aliphatic heterocycles. The van der Waals surface area contributed by atoms with E-state index >= 15 is 0 Å². The van der Waals surface area contributed by atoms with Crippen LogP contribution in [-0.4, -0.2) is 0 Å². The minimum atomic E-state index is 0.606. The van der Waals surface area contributed by atoms with Crippen LogP contribution in [0.1, 0.15) is 31.2 Å². The van der Waals surface area contributed by atoms with E-state index in [4.69, 9.17) is 0 Å². The number of hydrogen-bond acceptors (Lipinski definition) is 0. The Morgan fingerprint density at radius 3 is 2.47 bits per heavy atom. The molecule has 0 nitrogen and oxygen atoms in total. The van der Waals surface area contributed by atoms with Crippen molar-refractivity contribution in [3.05, 3.63) is 55.0 Å². The van der Waals surface area contributed by atoms with Gasteiger partial charge in [0, 0.05) is 0 Å². The second-order valence-electron chi connectivity index (χ2n) is 4.00. The summed E-state index contributed by atoms with van der Waals surface area (Å²) in [7, 11) is 0. The third-order valence-electron chi connectivity index (χ3n) is 3.09. The Hall–Kier alpha value is -1.30. The van der Waals surface area contributed by atoms with Crippen LogP contribution < -0.4 is 0 Å². The zero-order valence-electron chi connectivity index (χ0n) is 9.24. The molecule has 0 aliphatic rings. The molecule has 0 saturated heterocycles. The SMILES string of the molecule is [CH2]CC(CC)c1ccc2ccccc2c1. The highest BCUT2D eigenvalue weighted by Gasteiger charge is 2.06. The summed E-state index contributed by atoms with van der Waals surface area (Å²) in [5.41, 5.74) is 1.42. The van der Waals surface area contributed by atoms with E-state index < -0.39 is 0 Å². The number of hydrogen-bond donors (Lipinski definition) is 0. The van der Waals surface area contributed by atoms with Crippen molar-refractivity contribution in [2.75, 3.05) is 0 Å². The summed E-state index contributed by atoms with van der Waals surface area (Å²) in [5.74, 6) is 0.606. The van der Waals surface area contributed by atoms with Crippen molar-refractivity contribution in [1.29, 1.82) is 0 Å². The van der Waals surface area contributed by atoms with Crippen molar-refractivity contribution in [3.63, 3.8) is 0 Å². The Morgan fingerprint density at radius 1 is 1.07 bits per heavy atom. The van der Waals surface area contributed by atoms with Gasteiger partial charge in [0.1, 0.15) is 0 Å². The van der Waals surface area contributed by atoms with Crippen LogP contribution in [0.3, 0.4) is 0 Å². The Kier molecular flexibility index (Phi) is 3.05. The van der Waals surface area contributed by atoms with Crippen LogP contribution in [0.15, 0.2) is 42.5 Å². The first-order valence-corrected chi connectivity index (χ1v) is 5.63. The van der Waals surface area contributed by atoms with E-state index in [9.17, 15) is 0 Å². The van der Waals surface area contributed by atoms with Gasteiger partial charge in [-0.1, -0.05) is 56.3 Å². The first-order valence-electron chi connectivity index (χ1n) is 5.63. The van der Waals surface area contributed by atoms with Crippen molar-refractivity contribution in [2.45, 2.75) is 25.7 Å². The van der Waals surface area contributed by atoms with E-state index in [1.165, 1.54) is 22.8 Å². The molecule has 0 heteroatoms. The van der Waals surface area contributed by atoms with E-state index in [1.54, 1.807) is 0 Å². The molecule has 2 aromatic carbocycles. The summed E-state index contributed by atoms with van der Waals surface area (Å²) in [6.45, 7) is 6.24. The van der Waals surface area contributed by atoms with Crippen molar-refractivity contribution in [1.82, 2.24) is 0 Å². The number of benzene rings is 2. The van der Waals surface area contributed by atoms with E-state index in [1.807, 2.05) is 0 Å². The third-order valence-corrected chi connectivity index (χ3v) is 3.09. The minimum Gasteiger partial charge on any atom is -0.0648 e. The summed E-state index contributed by atoms with van der Waals surface area (Å²) in [6, 6.07) is 15.3. The molecule has 1 radical (unpaired) electrons. The molecule has 0 saturated carbocycles. The van der Waals surface area contributed by atoms with E-state index in [-0.39, 0.29) is 0 Å². The van der Waals surface area contributed by atoms with Crippen LogP contribution in [0.2, 0.25) is 0 Å². The smallest absolute Gasteiger partial charge is 0.0164 e. The van der Waals surface area contributed by atoms with Crippen LogP contribution in [0, 0.1) is 6.92 Å². The molecule has 2 aromatic rings. The zero-order valence-corrected chi connectivity index (χ0v) is 9.24. The Bertz CT molecular complexity index is 438. The summed E-state index contributed by atoms with van der Waals surface area (Å²) in [6.07, 6.45) is 2.15. The third kappa shape index (κ3) is 2.04. The lowest BCUT2D eigenvalue weighted by molar-refractivity contribution is 0.673. The predicted molar refractivity (Wildman–Crippen MR) is 67.0 cm³/mol. The molecule has 0 N–H and O–H groups in total. The highest BCUT2D eigenvalue weighted by atomic mass is 14.1. The maximum absolute atomic E-state index is 4.01. The Balaban J connectivity index is 2.46. The molecular weight excluding hydrogens is 180 g/mol. The molecule has 0 spiro atoms. The van der Waals surface area contributed by atoms with Crippen molar-refractivity contribution >= 4 is 10.8 Å². The van der Waals surface area contributed by atoms with Gasteiger partial charge in [-0.3, -0.25) is 0 Å². The van der Waals surface area contributed by atoms with Gasteiger partial charge >= 0.3 is 0 Å². The molecular formula is C15H17. The fraction of sp³-hybridized carbons (Fsp3) is 0.267. The van der Waals surface area contributed by atoms with Gasteiger partial charge in [-0.2, -0.15) is 0 Å². The molecule has 15 heavy (non-hydrogen) atoms. The minimum absolute atomic E-state index is 0.606. The standard InChI is InChI=1S/C15H17/c1-3-12(4-2)15-10-9-13-7-5-6-8-14(13)11-15/h5-12H,1,3-4H2,2H3. The van der Waals surface area contributed by atoms with Gasteiger partial charge in [0.15, 0.2) is 0 Å². The van der Waals surface area contributed by atoms with Crippen LogP contribution in [0.25, 0.3) is 10.8 Å². The maximum Gasteiger partial charge on any atom is -0.0164 e. The maximum atomic E-state index is 4.01. The van der Waals surface area contributed by atoms with Crippen molar-refractivity contribution in [2.24, 2.45) is 0 Å². The fourth-order valence-corrected chi connectivity index (χ4v) is 2.07. The van der Waals surface area contributed by atoms with Gasteiger partial charge in [-0.25, -0.2) is 0 Å². The molecule has 2 rings (SSSR count). The second kappa shape index (κ2) is 4.48. The molecule has 0 aliphatic carbocycles. The molecule has 0 fully saturated rings. The lowest BCUT2D eigenvalue weighted by atomic mass is 9.92. The molecule has 1 unspecified atom stereocenters.